The summed E-state index contributed by atoms with van der Waals surface area (Å²) < 4.78 is 4.79. The fourth-order valence-electron chi connectivity index (χ4n) is 1.02. The van der Waals surface area contributed by atoms with E-state index in [-0.39, 0.29) is 30.7 Å². The first-order chi connectivity index (χ1) is 8.02. The van der Waals surface area contributed by atoms with Gasteiger partial charge in [-0.15, -0.1) is 23.7 Å². The van der Waals surface area contributed by atoms with Crippen molar-refractivity contribution in [1.29, 1.82) is 0 Å². The molecule has 18 heavy (non-hydrogen) atoms. The summed E-state index contributed by atoms with van der Waals surface area (Å²) in [7, 11) is 0. The van der Waals surface area contributed by atoms with E-state index in [0.29, 0.717) is 17.4 Å². The van der Waals surface area contributed by atoms with Crippen molar-refractivity contribution in [3.8, 4) is 0 Å². The first-order valence-corrected chi connectivity index (χ1v) is 6.07. The molecule has 102 valence electrons. The Bertz CT molecular complexity index is 409. The van der Waals surface area contributed by atoms with Crippen LogP contribution in [0.25, 0.3) is 0 Å². The first kappa shape index (κ1) is 16.8. The number of hydrogen-bond donors (Lipinski definition) is 2. The number of thiazole rings is 1. The van der Waals surface area contributed by atoms with Gasteiger partial charge in [0.25, 0.3) is 0 Å². The summed E-state index contributed by atoms with van der Waals surface area (Å²) in [5.41, 5.74) is 5.98. The molecule has 1 amide bonds. The number of carbonyl (C=O) groups is 2. The van der Waals surface area contributed by atoms with Gasteiger partial charge in [0.15, 0.2) is 5.13 Å². The van der Waals surface area contributed by atoms with Crippen LogP contribution in [0.5, 0.6) is 0 Å². The van der Waals surface area contributed by atoms with Gasteiger partial charge in [0, 0.05) is 5.38 Å². The third-order valence-corrected chi connectivity index (χ3v) is 2.63. The van der Waals surface area contributed by atoms with Crippen LogP contribution in [0.3, 0.4) is 0 Å². The summed E-state index contributed by atoms with van der Waals surface area (Å²) in [6.45, 7) is 3.67. The Morgan fingerprint density at radius 3 is 2.83 bits per heavy atom. The normalized spacial score (nSPS) is 11.3. The van der Waals surface area contributed by atoms with Gasteiger partial charge < -0.3 is 15.8 Å². The average molecular weight is 294 g/mol. The SMILES string of the molecule is CCOC(=O)Cc1csc(NC(=O)[C@@H](C)N)n1.Cl. The number of aromatic nitrogens is 1. The molecule has 0 saturated carbocycles. The smallest absolute Gasteiger partial charge is 0.311 e. The van der Waals surface area contributed by atoms with Gasteiger partial charge in [0.2, 0.25) is 5.91 Å². The Balaban J connectivity index is 0.00000289. The second-order valence-electron chi connectivity index (χ2n) is 3.40. The van der Waals surface area contributed by atoms with Crippen LogP contribution in [0.2, 0.25) is 0 Å². The standard InChI is InChI=1S/C10H15N3O3S.ClH/c1-3-16-8(14)4-7-5-17-10(12-7)13-9(15)6(2)11;/h5-6H,3-4,11H2,1-2H3,(H,12,13,15);1H/t6-;/m1./s1. The van der Waals surface area contributed by atoms with Crippen molar-refractivity contribution in [3.05, 3.63) is 11.1 Å². The number of hydrogen-bond acceptors (Lipinski definition) is 6. The lowest BCUT2D eigenvalue weighted by Crippen LogP contribution is -2.32. The van der Waals surface area contributed by atoms with Crippen molar-refractivity contribution >= 4 is 40.8 Å². The number of esters is 1. The second kappa shape index (κ2) is 8.02. The lowest BCUT2D eigenvalue weighted by atomic mass is 10.3. The Kier molecular flexibility index (Phi) is 7.49. The molecule has 1 atom stereocenters. The Morgan fingerprint density at radius 2 is 2.28 bits per heavy atom. The van der Waals surface area contributed by atoms with Gasteiger partial charge in [0.05, 0.1) is 24.8 Å². The third kappa shape index (κ3) is 5.44. The van der Waals surface area contributed by atoms with E-state index in [1.165, 1.54) is 11.3 Å². The van der Waals surface area contributed by atoms with Gasteiger partial charge in [-0.3, -0.25) is 9.59 Å². The number of nitrogens with zero attached hydrogens (tertiary/aromatic N) is 1. The molecule has 0 aliphatic rings. The van der Waals surface area contributed by atoms with Crippen molar-refractivity contribution in [2.75, 3.05) is 11.9 Å². The number of carbonyl (C=O) groups excluding carboxylic acids is 2. The molecule has 1 aromatic rings. The number of nitrogens with one attached hydrogen (secondary N) is 1. The fraction of sp³-hybridized carbons (Fsp3) is 0.500. The highest BCUT2D eigenvalue weighted by Gasteiger charge is 2.12. The van der Waals surface area contributed by atoms with Gasteiger partial charge >= 0.3 is 5.97 Å². The van der Waals surface area contributed by atoms with Crippen molar-refractivity contribution in [2.45, 2.75) is 26.3 Å². The van der Waals surface area contributed by atoms with Crippen molar-refractivity contribution in [2.24, 2.45) is 5.73 Å². The number of nitrogens with two attached hydrogens (primary N) is 1. The highest BCUT2D eigenvalue weighted by molar-refractivity contribution is 7.13. The van der Waals surface area contributed by atoms with E-state index >= 15 is 0 Å². The summed E-state index contributed by atoms with van der Waals surface area (Å²) in [5.74, 6) is -0.634. The topological polar surface area (TPSA) is 94.3 Å². The Hall–Kier alpha value is -1.18. The minimum Gasteiger partial charge on any atom is -0.466 e. The lowest BCUT2D eigenvalue weighted by Gasteiger charge is -2.03. The van der Waals surface area contributed by atoms with Crippen LogP contribution in [-0.2, 0) is 20.7 Å². The minimum atomic E-state index is -0.590. The quantitative estimate of drug-likeness (QED) is 0.789. The summed E-state index contributed by atoms with van der Waals surface area (Å²) in [5, 5.41) is 4.70. The molecule has 0 spiro atoms. The highest BCUT2D eigenvalue weighted by Crippen LogP contribution is 2.16. The summed E-state index contributed by atoms with van der Waals surface area (Å²) in [6, 6.07) is -0.590. The van der Waals surface area contributed by atoms with Crippen LogP contribution < -0.4 is 11.1 Å². The van der Waals surface area contributed by atoms with E-state index in [1.54, 1.807) is 19.2 Å². The molecule has 0 bridgehead atoms. The zero-order valence-corrected chi connectivity index (χ0v) is 11.8. The van der Waals surface area contributed by atoms with Crippen molar-refractivity contribution < 1.29 is 14.3 Å². The molecule has 6 nitrogen and oxygen atoms in total. The lowest BCUT2D eigenvalue weighted by molar-refractivity contribution is -0.142. The molecular weight excluding hydrogens is 278 g/mol. The van der Waals surface area contributed by atoms with E-state index in [4.69, 9.17) is 10.5 Å². The van der Waals surface area contributed by atoms with Gasteiger partial charge in [-0.05, 0) is 13.8 Å². The maximum atomic E-state index is 11.3. The Morgan fingerprint density at radius 1 is 1.61 bits per heavy atom. The molecule has 1 aromatic heterocycles. The number of anilines is 1. The average Bonchev–Trinajstić information content (AvgIpc) is 2.65. The second-order valence-corrected chi connectivity index (χ2v) is 4.26. The number of ether oxygens (including phenoxy) is 1. The summed E-state index contributed by atoms with van der Waals surface area (Å²) in [4.78, 5) is 26.6. The molecular formula is C10H16ClN3O3S. The molecule has 8 heteroatoms. The summed E-state index contributed by atoms with van der Waals surface area (Å²) >= 11 is 1.25. The molecule has 0 saturated heterocycles. The molecule has 0 aromatic carbocycles. The van der Waals surface area contributed by atoms with Crippen LogP contribution in [0, 0.1) is 0 Å². The molecule has 0 fully saturated rings. The molecule has 1 rings (SSSR count). The fourth-order valence-corrected chi connectivity index (χ4v) is 1.74. The predicted octanol–water partition coefficient (Wildman–Crippen LogP) is 0.956. The van der Waals surface area contributed by atoms with Gasteiger partial charge in [0.1, 0.15) is 0 Å². The minimum absolute atomic E-state index is 0. The largest absolute Gasteiger partial charge is 0.466 e. The van der Waals surface area contributed by atoms with Crippen molar-refractivity contribution in [1.82, 2.24) is 4.98 Å². The van der Waals surface area contributed by atoms with Gasteiger partial charge in [-0.25, -0.2) is 4.98 Å². The van der Waals surface area contributed by atoms with E-state index in [2.05, 4.69) is 10.3 Å². The molecule has 0 radical (unpaired) electrons. The maximum absolute atomic E-state index is 11.3. The van der Waals surface area contributed by atoms with E-state index in [9.17, 15) is 9.59 Å². The van der Waals surface area contributed by atoms with Crippen LogP contribution >= 0.6 is 23.7 Å². The van der Waals surface area contributed by atoms with E-state index in [1.807, 2.05) is 0 Å². The molecule has 1 heterocycles. The zero-order valence-electron chi connectivity index (χ0n) is 10.1. The molecule has 0 unspecified atom stereocenters. The van der Waals surface area contributed by atoms with Crippen LogP contribution in [0.1, 0.15) is 19.5 Å². The molecule has 3 N–H and O–H groups in total. The third-order valence-electron chi connectivity index (χ3n) is 1.83. The van der Waals surface area contributed by atoms with Crippen molar-refractivity contribution in [3.63, 3.8) is 0 Å². The number of amides is 1. The highest BCUT2D eigenvalue weighted by atomic mass is 35.5. The van der Waals surface area contributed by atoms with E-state index in [0.717, 1.165) is 0 Å². The number of halogens is 1. The van der Waals surface area contributed by atoms with Gasteiger partial charge in [-0.2, -0.15) is 0 Å². The molecule has 0 aliphatic carbocycles. The van der Waals surface area contributed by atoms with Gasteiger partial charge in [-0.1, -0.05) is 0 Å². The van der Waals surface area contributed by atoms with Crippen LogP contribution in [-0.4, -0.2) is 29.5 Å². The van der Waals surface area contributed by atoms with Crippen LogP contribution in [0.15, 0.2) is 5.38 Å². The maximum Gasteiger partial charge on any atom is 0.311 e. The Labute approximate surface area is 115 Å². The number of rotatable bonds is 5. The first-order valence-electron chi connectivity index (χ1n) is 5.19. The predicted molar refractivity (Wildman–Crippen MR) is 72.0 cm³/mol. The van der Waals surface area contributed by atoms with E-state index < -0.39 is 6.04 Å². The zero-order chi connectivity index (χ0) is 12.8. The monoisotopic (exact) mass is 293 g/mol. The molecule has 0 aliphatic heterocycles. The van der Waals surface area contributed by atoms with Crippen LogP contribution in [0.4, 0.5) is 5.13 Å². The summed E-state index contributed by atoms with van der Waals surface area (Å²) in [6.07, 6.45) is 0.110.